The molecular weight excluding hydrogens is 394 g/mol. The van der Waals surface area contributed by atoms with Gasteiger partial charge in [-0.2, -0.15) is 0 Å². The van der Waals surface area contributed by atoms with E-state index in [0.29, 0.717) is 13.2 Å². The molecule has 7 heteroatoms. The van der Waals surface area contributed by atoms with Crippen LogP contribution in [0.1, 0.15) is 21.6 Å². The van der Waals surface area contributed by atoms with Crippen LogP contribution in [0.4, 0.5) is 0 Å². The molecule has 0 aliphatic carbocycles. The Bertz CT molecular complexity index is 1150. The molecule has 31 heavy (non-hydrogen) atoms. The zero-order valence-electron chi connectivity index (χ0n) is 16.9. The van der Waals surface area contributed by atoms with Crippen molar-refractivity contribution in [2.24, 2.45) is 0 Å². The molecule has 1 aromatic heterocycles. The van der Waals surface area contributed by atoms with Gasteiger partial charge in [-0.3, -0.25) is 14.3 Å². The Hall–Kier alpha value is -4.00. The molecule has 1 aliphatic heterocycles. The summed E-state index contributed by atoms with van der Waals surface area (Å²) in [6.45, 7) is 0.950. The van der Waals surface area contributed by atoms with Crippen molar-refractivity contribution in [3.8, 4) is 11.5 Å². The van der Waals surface area contributed by atoms with Crippen molar-refractivity contribution in [1.82, 2.24) is 9.58 Å². The van der Waals surface area contributed by atoms with Crippen LogP contribution in [0.25, 0.3) is 0 Å². The highest BCUT2D eigenvalue weighted by Gasteiger charge is 2.27. The second kappa shape index (κ2) is 9.21. The van der Waals surface area contributed by atoms with Gasteiger partial charge in [0.2, 0.25) is 5.43 Å². The fourth-order valence-electron chi connectivity index (χ4n) is 3.41. The number of amides is 1. The van der Waals surface area contributed by atoms with Crippen molar-refractivity contribution < 1.29 is 14.6 Å². The molecular formula is C24H23N3O4. The zero-order valence-corrected chi connectivity index (χ0v) is 16.9. The minimum absolute atomic E-state index is 0.0572. The van der Waals surface area contributed by atoms with Crippen LogP contribution in [-0.2, 0) is 6.42 Å². The van der Waals surface area contributed by atoms with E-state index < -0.39 is 17.1 Å². The summed E-state index contributed by atoms with van der Waals surface area (Å²) in [5.74, 6) is -0.135. The number of benzene rings is 2. The van der Waals surface area contributed by atoms with Crippen LogP contribution in [0.5, 0.6) is 11.5 Å². The Kier molecular flexibility index (Phi) is 6.03. The Morgan fingerprint density at radius 1 is 1.00 bits per heavy atom. The van der Waals surface area contributed by atoms with Crippen LogP contribution >= 0.6 is 0 Å². The molecule has 1 aliphatic rings. The first-order valence-corrected chi connectivity index (χ1v) is 10.0. The molecule has 0 fully saturated rings. The van der Waals surface area contributed by atoms with Crippen molar-refractivity contribution in [3.63, 3.8) is 0 Å². The SMILES string of the molecule is O=C1c2c(O)c(=O)ccn2NCN1C/C=C\COc1ccccc1Cc1ccccc1. The van der Waals surface area contributed by atoms with E-state index in [4.69, 9.17) is 4.74 Å². The molecule has 0 saturated carbocycles. The topological polar surface area (TPSA) is 83.8 Å². The van der Waals surface area contributed by atoms with Gasteiger partial charge in [0.25, 0.3) is 5.91 Å². The molecule has 2 heterocycles. The number of para-hydroxylation sites is 1. The summed E-state index contributed by atoms with van der Waals surface area (Å²) in [6, 6.07) is 19.4. The predicted molar refractivity (Wildman–Crippen MR) is 118 cm³/mol. The number of rotatable bonds is 7. The van der Waals surface area contributed by atoms with E-state index in [2.05, 4.69) is 23.6 Å². The summed E-state index contributed by atoms with van der Waals surface area (Å²) >= 11 is 0. The first-order valence-electron chi connectivity index (χ1n) is 10.0. The third-order valence-electron chi connectivity index (χ3n) is 5.03. The molecule has 0 unspecified atom stereocenters. The van der Waals surface area contributed by atoms with Gasteiger partial charge in [0.15, 0.2) is 11.4 Å². The minimum atomic E-state index is -0.582. The van der Waals surface area contributed by atoms with E-state index >= 15 is 0 Å². The van der Waals surface area contributed by atoms with E-state index in [1.54, 1.807) is 0 Å². The molecule has 4 rings (SSSR count). The third kappa shape index (κ3) is 4.61. The highest BCUT2D eigenvalue weighted by atomic mass is 16.5. The largest absolute Gasteiger partial charge is 0.502 e. The van der Waals surface area contributed by atoms with E-state index in [1.807, 2.05) is 48.6 Å². The molecule has 3 aromatic rings. The number of nitrogens with zero attached hydrogens (tertiary/aromatic N) is 2. The maximum atomic E-state index is 12.6. The summed E-state index contributed by atoms with van der Waals surface area (Å²) in [4.78, 5) is 25.7. The van der Waals surface area contributed by atoms with E-state index in [0.717, 1.165) is 17.7 Å². The van der Waals surface area contributed by atoms with Gasteiger partial charge < -0.3 is 20.2 Å². The molecule has 0 atom stereocenters. The Morgan fingerprint density at radius 2 is 1.77 bits per heavy atom. The van der Waals surface area contributed by atoms with Gasteiger partial charge >= 0.3 is 0 Å². The van der Waals surface area contributed by atoms with Gasteiger partial charge in [-0.25, -0.2) is 0 Å². The van der Waals surface area contributed by atoms with Gasteiger partial charge in [0, 0.05) is 25.2 Å². The second-order valence-electron chi connectivity index (χ2n) is 7.14. The number of carbonyl (C=O) groups excluding carboxylic acids is 1. The van der Waals surface area contributed by atoms with Crippen molar-refractivity contribution in [3.05, 3.63) is 106 Å². The molecule has 0 saturated heterocycles. The Labute approximate surface area is 179 Å². The van der Waals surface area contributed by atoms with Gasteiger partial charge in [0.1, 0.15) is 19.0 Å². The molecule has 0 bridgehead atoms. The summed E-state index contributed by atoms with van der Waals surface area (Å²) in [6.07, 6.45) is 5.90. The monoisotopic (exact) mass is 417 g/mol. The molecule has 2 N–H and O–H groups in total. The average Bonchev–Trinajstić information content (AvgIpc) is 2.79. The van der Waals surface area contributed by atoms with Gasteiger partial charge in [-0.15, -0.1) is 0 Å². The average molecular weight is 417 g/mol. The number of aromatic hydroxyl groups is 1. The number of pyridine rings is 1. The van der Waals surface area contributed by atoms with Gasteiger partial charge in [-0.05, 0) is 23.3 Å². The summed E-state index contributed by atoms with van der Waals surface area (Å²) in [7, 11) is 0. The Balaban J connectivity index is 1.34. The van der Waals surface area contributed by atoms with Crippen LogP contribution in [-0.4, -0.2) is 40.4 Å². The smallest absolute Gasteiger partial charge is 0.278 e. The molecule has 0 spiro atoms. The van der Waals surface area contributed by atoms with Crippen LogP contribution < -0.4 is 15.6 Å². The first-order chi connectivity index (χ1) is 15.1. The lowest BCUT2D eigenvalue weighted by atomic mass is 10.0. The second-order valence-corrected chi connectivity index (χ2v) is 7.14. The number of nitrogens with one attached hydrogen (secondary N) is 1. The quantitative estimate of drug-likeness (QED) is 0.578. The predicted octanol–water partition coefficient (Wildman–Crippen LogP) is 2.74. The van der Waals surface area contributed by atoms with Crippen molar-refractivity contribution >= 4 is 5.91 Å². The normalized spacial score (nSPS) is 13.2. The molecule has 0 radical (unpaired) electrons. The number of hydrogen-bond donors (Lipinski definition) is 2. The van der Waals surface area contributed by atoms with E-state index in [-0.39, 0.29) is 12.4 Å². The highest BCUT2D eigenvalue weighted by molar-refractivity contribution is 5.96. The number of fused-ring (bicyclic) bond motifs is 1. The van der Waals surface area contributed by atoms with Crippen LogP contribution in [0.15, 0.2) is 83.8 Å². The molecule has 2 aromatic carbocycles. The fourth-order valence-corrected chi connectivity index (χ4v) is 3.41. The number of aromatic nitrogens is 1. The number of carbonyl (C=O) groups is 1. The highest BCUT2D eigenvalue weighted by Crippen LogP contribution is 2.21. The van der Waals surface area contributed by atoms with Gasteiger partial charge in [-0.1, -0.05) is 54.6 Å². The van der Waals surface area contributed by atoms with Crippen LogP contribution in [0.3, 0.4) is 0 Å². The maximum absolute atomic E-state index is 12.6. The van der Waals surface area contributed by atoms with Crippen LogP contribution in [0, 0.1) is 0 Å². The summed E-state index contributed by atoms with van der Waals surface area (Å²) in [5.41, 5.74) is 4.65. The first kappa shape index (κ1) is 20.3. The molecule has 158 valence electrons. The molecule has 7 nitrogen and oxygen atoms in total. The molecule has 1 amide bonds. The lowest BCUT2D eigenvalue weighted by Gasteiger charge is -2.30. The standard InChI is InChI=1S/C24H23N3O4/c28-20-12-14-27-22(23(20)29)24(30)26(17-25-27)13-6-7-15-31-21-11-5-4-10-19(21)16-18-8-2-1-3-9-18/h1-12,14,25,29H,13,15-17H2/b7-6-. The maximum Gasteiger partial charge on any atom is 0.278 e. The number of ether oxygens (including phenoxy) is 1. The lowest BCUT2D eigenvalue weighted by Crippen LogP contribution is -2.46. The van der Waals surface area contributed by atoms with Crippen molar-refractivity contribution in [1.29, 1.82) is 0 Å². The minimum Gasteiger partial charge on any atom is -0.502 e. The van der Waals surface area contributed by atoms with E-state index in [9.17, 15) is 14.7 Å². The zero-order chi connectivity index (χ0) is 21.6. The summed E-state index contributed by atoms with van der Waals surface area (Å²) < 4.78 is 7.29. The third-order valence-corrected chi connectivity index (χ3v) is 5.03. The fraction of sp³-hybridized carbons (Fsp3) is 0.167. The summed E-state index contributed by atoms with van der Waals surface area (Å²) in [5, 5.41) is 9.94. The van der Waals surface area contributed by atoms with E-state index in [1.165, 1.54) is 27.4 Å². The van der Waals surface area contributed by atoms with Crippen molar-refractivity contribution in [2.75, 3.05) is 25.2 Å². The Morgan fingerprint density at radius 3 is 2.61 bits per heavy atom. The van der Waals surface area contributed by atoms with Gasteiger partial charge in [0.05, 0.1) is 0 Å². The number of hydrogen-bond acceptors (Lipinski definition) is 5. The van der Waals surface area contributed by atoms with Crippen LogP contribution in [0.2, 0.25) is 0 Å². The van der Waals surface area contributed by atoms with Crippen molar-refractivity contribution in [2.45, 2.75) is 6.42 Å². The lowest BCUT2D eigenvalue weighted by molar-refractivity contribution is 0.0741.